The molecule has 5 aromatic rings. The fourth-order valence-corrected chi connectivity index (χ4v) is 6.70. The molecule has 3 aromatic heterocycles. The Balaban J connectivity index is 1.19. The van der Waals surface area contributed by atoms with E-state index in [-0.39, 0.29) is 17.9 Å². The van der Waals surface area contributed by atoms with Gasteiger partial charge in [0.15, 0.2) is 5.82 Å². The number of benzene rings is 2. The first kappa shape index (κ1) is 26.2. The highest BCUT2D eigenvalue weighted by molar-refractivity contribution is 5.98. The van der Waals surface area contributed by atoms with Crippen molar-refractivity contribution in [1.82, 2.24) is 24.0 Å². The SMILES string of the molecule is Cn1c(-c2cc3ccc(-c4ccc5c(c4)CCC(=O)N5)nc3n2CC2CC2)nc2cc(C(=O)N3CCC[C@@H](N)C3)ccc21. The molecule has 0 unspecified atom stereocenters. The molecule has 0 spiro atoms. The van der Waals surface area contributed by atoms with Crippen LogP contribution in [0.2, 0.25) is 0 Å². The Bertz CT molecular complexity index is 1930. The smallest absolute Gasteiger partial charge is 0.253 e. The highest BCUT2D eigenvalue weighted by atomic mass is 16.2. The maximum absolute atomic E-state index is 13.3. The summed E-state index contributed by atoms with van der Waals surface area (Å²) in [5, 5.41) is 4.05. The zero-order valence-electron chi connectivity index (χ0n) is 24.3. The van der Waals surface area contributed by atoms with Crippen LogP contribution in [0.4, 0.5) is 5.69 Å². The van der Waals surface area contributed by atoms with Gasteiger partial charge < -0.3 is 25.1 Å². The fraction of sp³-hybridized carbons (Fsp3) is 0.353. The Morgan fingerprint density at radius 3 is 2.74 bits per heavy atom. The first-order chi connectivity index (χ1) is 20.9. The normalized spacial score (nSPS) is 18.7. The van der Waals surface area contributed by atoms with Crippen LogP contribution in [0.3, 0.4) is 0 Å². The van der Waals surface area contributed by atoms with Crippen molar-refractivity contribution in [2.45, 2.75) is 51.1 Å². The molecule has 2 amide bonds. The molecule has 0 bridgehead atoms. The predicted octanol–water partition coefficient (Wildman–Crippen LogP) is 5.12. The Hall–Kier alpha value is -4.50. The van der Waals surface area contributed by atoms with Gasteiger partial charge in [-0.25, -0.2) is 9.97 Å². The van der Waals surface area contributed by atoms with Crippen molar-refractivity contribution >= 4 is 39.6 Å². The molecule has 2 fully saturated rings. The van der Waals surface area contributed by atoms with Crippen LogP contribution >= 0.6 is 0 Å². The van der Waals surface area contributed by atoms with Crippen LogP contribution in [0.15, 0.2) is 54.6 Å². The number of imidazole rings is 1. The Labute approximate surface area is 249 Å². The zero-order valence-corrected chi connectivity index (χ0v) is 24.3. The average Bonchev–Trinajstić information content (AvgIpc) is 3.69. The van der Waals surface area contributed by atoms with Gasteiger partial charge in [-0.3, -0.25) is 9.59 Å². The summed E-state index contributed by atoms with van der Waals surface area (Å²) in [4.78, 5) is 37.3. The number of fused-ring (bicyclic) bond motifs is 3. The number of carbonyl (C=O) groups is 2. The Morgan fingerprint density at radius 2 is 1.91 bits per heavy atom. The number of aromatic nitrogens is 4. The Morgan fingerprint density at radius 1 is 1.02 bits per heavy atom. The van der Waals surface area contributed by atoms with Crippen molar-refractivity contribution < 1.29 is 9.59 Å². The van der Waals surface area contributed by atoms with Crippen molar-refractivity contribution in [3.8, 4) is 22.8 Å². The van der Waals surface area contributed by atoms with Gasteiger partial charge in [0, 0.05) is 61.3 Å². The number of hydrogen-bond acceptors (Lipinski definition) is 5. The van der Waals surface area contributed by atoms with E-state index in [0.29, 0.717) is 24.4 Å². The van der Waals surface area contributed by atoms with Crippen LogP contribution < -0.4 is 11.1 Å². The molecule has 2 aromatic carbocycles. The number of nitrogens with one attached hydrogen (secondary N) is 1. The largest absolute Gasteiger partial charge is 0.337 e. The number of amides is 2. The minimum absolute atomic E-state index is 0.0217. The predicted molar refractivity (Wildman–Crippen MR) is 168 cm³/mol. The molecule has 218 valence electrons. The van der Waals surface area contributed by atoms with Gasteiger partial charge in [-0.05, 0) is 92.1 Å². The van der Waals surface area contributed by atoms with E-state index in [1.54, 1.807) is 0 Å². The van der Waals surface area contributed by atoms with E-state index in [9.17, 15) is 9.59 Å². The molecule has 3 aliphatic rings. The van der Waals surface area contributed by atoms with E-state index in [1.807, 2.05) is 42.3 Å². The molecule has 9 heteroatoms. The van der Waals surface area contributed by atoms with E-state index in [1.165, 1.54) is 12.8 Å². The molecule has 43 heavy (non-hydrogen) atoms. The van der Waals surface area contributed by atoms with Gasteiger partial charge in [0.2, 0.25) is 5.91 Å². The lowest BCUT2D eigenvalue weighted by Gasteiger charge is -2.30. The second kappa shape index (κ2) is 10.1. The molecule has 2 aliphatic heterocycles. The average molecular weight is 574 g/mol. The standard InChI is InChI=1S/C34H35N7O2/c1-39-29-12-8-24(34(43)40-14-2-3-25(35)19-40)16-28(29)38-33(39)30-17-23-7-11-27(37-32(23)41(30)18-20-4-5-20)21-6-10-26-22(15-21)9-13-31(42)36-26/h6-8,10-12,15-17,20,25H,2-5,9,13-14,18-19,35H2,1H3,(H,36,42)/t25-/m1/s1. The van der Waals surface area contributed by atoms with Gasteiger partial charge in [0.25, 0.3) is 5.91 Å². The first-order valence-electron chi connectivity index (χ1n) is 15.4. The summed E-state index contributed by atoms with van der Waals surface area (Å²) in [6.45, 7) is 2.24. The van der Waals surface area contributed by atoms with Crippen LogP contribution in [-0.2, 0) is 24.8 Å². The van der Waals surface area contributed by atoms with E-state index in [0.717, 1.165) is 88.4 Å². The molecule has 1 saturated heterocycles. The van der Waals surface area contributed by atoms with Gasteiger partial charge in [-0.1, -0.05) is 6.07 Å². The van der Waals surface area contributed by atoms with E-state index in [2.05, 4.69) is 38.7 Å². The van der Waals surface area contributed by atoms with Crippen LogP contribution in [0.5, 0.6) is 0 Å². The van der Waals surface area contributed by atoms with E-state index < -0.39 is 0 Å². The number of anilines is 1. The molecular formula is C34H35N7O2. The second-order valence-corrected chi connectivity index (χ2v) is 12.5. The van der Waals surface area contributed by atoms with Gasteiger partial charge in [-0.15, -0.1) is 0 Å². The van der Waals surface area contributed by atoms with Crippen LogP contribution in [0.1, 0.15) is 48.0 Å². The Kier molecular flexibility index (Phi) is 6.11. The molecule has 5 heterocycles. The lowest BCUT2D eigenvalue weighted by molar-refractivity contribution is -0.116. The highest BCUT2D eigenvalue weighted by Gasteiger charge is 2.27. The number of pyridine rings is 1. The number of likely N-dealkylation sites (tertiary alicyclic amines) is 1. The lowest BCUT2D eigenvalue weighted by atomic mass is 9.99. The summed E-state index contributed by atoms with van der Waals surface area (Å²) in [6, 6.07) is 18.5. The zero-order chi connectivity index (χ0) is 29.2. The quantitative estimate of drug-likeness (QED) is 0.303. The number of nitrogens with two attached hydrogens (primary N) is 1. The van der Waals surface area contributed by atoms with Crippen LogP contribution in [0.25, 0.3) is 44.8 Å². The maximum atomic E-state index is 13.3. The molecule has 1 aliphatic carbocycles. The summed E-state index contributed by atoms with van der Waals surface area (Å²) in [6.07, 6.45) is 5.61. The van der Waals surface area contributed by atoms with E-state index >= 15 is 0 Å². The number of carbonyl (C=O) groups excluding carboxylic acids is 2. The summed E-state index contributed by atoms with van der Waals surface area (Å²) in [5.74, 6) is 1.60. The summed E-state index contributed by atoms with van der Waals surface area (Å²) >= 11 is 0. The molecular weight excluding hydrogens is 538 g/mol. The topological polar surface area (TPSA) is 111 Å². The third-order valence-electron chi connectivity index (χ3n) is 9.28. The molecule has 9 nitrogen and oxygen atoms in total. The third-order valence-corrected chi connectivity index (χ3v) is 9.28. The number of aryl methyl sites for hydroxylation is 2. The number of rotatable bonds is 5. The fourth-order valence-electron chi connectivity index (χ4n) is 6.70. The van der Waals surface area contributed by atoms with Crippen molar-refractivity contribution in [3.05, 3.63) is 65.7 Å². The van der Waals surface area contributed by atoms with Crippen molar-refractivity contribution in [3.63, 3.8) is 0 Å². The summed E-state index contributed by atoms with van der Waals surface area (Å²) < 4.78 is 4.45. The third kappa shape index (κ3) is 4.68. The molecule has 1 atom stereocenters. The monoisotopic (exact) mass is 573 g/mol. The number of nitrogens with zero attached hydrogens (tertiary/aromatic N) is 5. The van der Waals surface area contributed by atoms with E-state index in [4.69, 9.17) is 15.7 Å². The van der Waals surface area contributed by atoms with Crippen LogP contribution in [-0.4, -0.2) is 54.9 Å². The second-order valence-electron chi connectivity index (χ2n) is 12.5. The number of piperidine rings is 1. The van der Waals surface area contributed by atoms with Gasteiger partial charge in [-0.2, -0.15) is 0 Å². The van der Waals surface area contributed by atoms with Gasteiger partial charge in [0.1, 0.15) is 5.65 Å². The van der Waals surface area contributed by atoms with Crippen molar-refractivity contribution in [2.24, 2.45) is 18.7 Å². The molecule has 8 rings (SSSR count). The molecule has 1 saturated carbocycles. The van der Waals surface area contributed by atoms with Crippen LogP contribution in [0, 0.1) is 5.92 Å². The minimum atomic E-state index is 0.0217. The lowest BCUT2D eigenvalue weighted by Crippen LogP contribution is -2.45. The first-order valence-corrected chi connectivity index (χ1v) is 15.4. The van der Waals surface area contributed by atoms with Crippen molar-refractivity contribution in [1.29, 1.82) is 0 Å². The number of hydrogen-bond donors (Lipinski definition) is 2. The van der Waals surface area contributed by atoms with Crippen molar-refractivity contribution in [2.75, 3.05) is 18.4 Å². The summed E-state index contributed by atoms with van der Waals surface area (Å²) in [7, 11) is 2.04. The molecule has 0 radical (unpaired) electrons. The summed E-state index contributed by atoms with van der Waals surface area (Å²) in [5.41, 5.74) is 14.6. The minimum Gasteiger partial charge on any atom is -0.337 e. The van der Waals surface area contributed by atoms with Gasteiger partial charge >= 0.3 is 0 Å². The van der Waals surface area contributed by atoms with Gasteiger partial charge in [0.05, 0.1) is 22.4 Å². The molecule has 3 N–H and O–H groups in total. The highest BCUT2D eigenvalue weighted by Crippen LogP contribution is 2.37. The maximum Gasteiger partial charge on any atom is 0.253 e.